The standard InChI is InChI=1S/C16H19N7O3S2/c1-4-23-13(9(2)17-14(25)11-6-5-7-26-11)20-22-16(23)27-8-12(24)18-15-21-19-10(3)28-15/h5-7,9H,4,8H2,1-3H3,(H,17,25)(H,18,21,24)/t9-/m1/s1. The number of carbonyl (C=O) groups is 2. The molecule has 0 aliphatic heterocycles. The summed E-state index contributed by atoms with van der Waals surface area (Å²) in [6.45, 7) is 6.18. The van der Waals surface area contributed by atoms with Crippen molar-refractivity contribution in [3.63, 3.8) is 0 Å². The fourth-order valence-corrected chi connectivity index (χ4v) is 3.81. The van der Waals surface area contributed by atoms with Crippen LogP contribution < -0.4 is 10.6 Å². The predicted molar refractivity (Wildman–Crippen MR) is 104 cm³/mol. The SMILES string of the molecule is CCn1c(SCC(=O)Nc2nnc(C)s2)nnc1[C@@H](C)NC(=O)c1ccco1. The van der Waals surface area contributed by atoms with E-state index in [2.05, 4.69) is 31.0 Å². The minimum absolute atomic E-state index is 0.157. The number of thioether (sulfide) groups is 1. The van der Waals surface area contributed by atoms with E-state index in [1.54, 1.807) is 12.1 Å². The Balaban J connectivity index is 1.61. The van der Waals surface area contributed by atoms with Crippen LogP contribution in [0, 0.1) is 6.92 Å². The molecular formula is C16H19N7O3S2. The fourth-order valence-electron chi connectivity index (χ4n) is 2.40. The van der Waals surface area contributed by atoms with Crippen LogP contribution >= 0.6 is 23.1 Å². The molecule has 0 spiro atoms. The summed E-state index contributed by atoms with van der Waals surface area (Å²) < 4.78 is 6.96. The van der Waals surface area contributed by atoms with Crippen molar-refractivity contribution in [1.82, 2.24) is 30.3 Å². The van der Waals surface area contributed by atoms with Gasteiger partial charge in [-0.1, -0.05) is 23.1 Å². The second-order valence-electron chi connectivity index (χ2n) is 5.72. The number of carbonyl (C=O) groups excluding carboxylic acids is 2. The highest BCUT2D eigenvalue weighted by atomic mass is 32.2. The monoisotopic (exact) mass is 421 g/mol. The van der Waals surface area contributed by atoms with Gasteiger partial charge in [0.25, 0.3) is 5.91 Å². The molecular weight excluding hydrogens is 402 g/mol. The Morgan fingerprint density at radius 3 is 2.79 bits per heavy atom. The van der Waals surface area contributed by atoms with E-state index in [9.17, 15) is 9.59 Å². The first-order valence-corrected chi connectivity index (χ1v) is 10.3. The zero-order valence-electron chi connectivity index (χ0n) is 15.5. The summed E-state index contributed by atoms with van der Waals surface area (Å²) in [5, 5.41) is 23.4. The molecule has 0 unspecified atom stereocenters. The van der Waals surface area contributed by atoms with Crippen molar-refractivity contribution >= 4 is 40.0 Å². The maximum atomic E-state index is 12.2. The molecule has 0 saturated heterocycles. The molecule has 2 N–H and O–H groups in total. The lowest BCUT2D eigenvalue weighted by molar-refractivity contribution is -0.113. The normalized spacial score (nSPS) is 12.0. The van der Waals surface area contributed by atoms with Gasteiger partial charge in [0.2, 0.25) is 11.0 Å². The zero-order valence-corrected chi connectivity index (χ0v) is 17.1. The molecule has 0 fully saturated rings. The maximum Gasteiger partial charge on any atom is 0.287 e. The van der Waals surface area contributed by atoms with Gasteiger partial charge in [0.1, 0.15) is 5.01 Å². The smallest absolute Gasteiger partial charge is 0.287 e. The number of nitrogens with one attached hydrogen (secondary N) is 2. The first kappa shape index (κ1) is 20.0. The van der Waals surface area contributed by atoms with Crippen molar-refractivity contribution < 1.29 is 14.0 Å². The first-order chi connectivity index (χ1) is 13.5. The van der Waals surface area contributed by atoms with Gasteiger partial charge in [-0.05, 0) is 32.9 Å². The average Bonchev–Trinajstić information content (AvgIpc) is 3.40. The minimum Gasteiger partial charge on any atom is -0.459 e. The molecule has 3 aromatic rings. The molecule has 148 valence electrons. The van der Waals surface area contributed by atoms with E-state index in [4.69, 9.17) is 4.42 Å². The molecule has 28 heavy (non-hydrogen) atoms. The average molecular weight is 422 g/mol. The Bertz CT molecular complexity index is 952. The molecule has 3 heterocycles. The van der Waals surface area contributed by atoms with Crippen molar-refractivity contribution in [3.05, 3.63) is 35.0 Å². The van der Waals surface area contributed by atoms with Gasteiger partial charge in [-0.2, -0.15) is 0 Å². The van der Waals surface area contributed by atoms with Crippen LogP contribution in [-0.2, 0) is 11.3 Å². The van der Waals surface area contributed by atoms with Gasteiger partial charge in [0.15, 0.2) is 16.7 Å². The summed E-state index contributed by atoms with van der Waals surface area (Å²) in [5.74, 6) is 0.457. The molecule has 12 heteroatoms. The van der Waals surface area contributed by atoms with Crippen molar-refractivity contribution in [2.45, 2.75) is 38.5 Å². The summed E-state index contributed by atoms with van der Waals surface area (Å²) in [4.78, 5) is 24.3. The Morgan fingerprint density at radius 1 is 1.32 bits per heavy atom. The topological polar surface area (TPSA) is 128 Å². The van der Waals surface area contributed by atoms with Crippen LogP contribution in [0.5, 0.6) is 0 Å². The quantitative estimate of drug-likeness (QED) is 0.530. The van der Waals surface area contributed by atoms with E-state index in [0.717, 1.165) is 5.01 Å². The molecule has 3 rings (SSSR count). The molecule has 0 aliphatic rings. The summed E-state index contributed by atoms with van der Waals surface area (Å²) in [6, 6.07) is 2.86. The third-order valence-electron chi connectivity index (χ3n) is 3.65. The first-order valence-electron chi connectivity index (χ1n) is 8.48. The Hall–Kier alpha value is -2.73. The summed E-state index contributed by atoms with van der Waals surface area (Å²) in [7, 11) is 0. The van der Waals surface area contributed by atoms with Crippen LogP contribution in [0.2, 0.25) is 0 Å². The van der Waals surface area contributed by atoms with Crippen molar-refractivity contribution in [3.8, 4) is 0 Å². The van der Waals surface area contributed by atoms with E-state index in [1.165, 1.54) is 29.4 Å². The molecule has 0 radical (unpaired) electrons. The zero-order chi connectivity index (χ0) is 20.1. The van der Waals surface area contributed by atoms with Gasteiger partial charge in [-0.3, -0.25) is 14.9 Å². The number of nitrogens with zero attached hydrogens (tertiary/aromatic N) is 5. The summed E-state index contributed by atoms with van der Waals surface area (Å²) in [5.41, 5.74) is 0. The van der Waals surface area contributed by atoms with Crippen LogP contribution in [-0.4, -0.2) is 42.5 Å². The molecule has 3 aromatic heterocycles. The second-order valence-corrected chi connectivity index (χ2v) is 7.84. The molecule has 1 atom stereocenters. The Labute approximate surface area is 169 Å². The molecule has 2 amide bonds. The second kappa shape index (κ2) is 8.97. The number of hydrogen-bond donors (Lipinski definition) is 2. The Morgan fingerprint density at radius 2 is 2.14 bits per heavy atom. The summed E-state index contributed by atoms with van der Waals surface area (Å²) in [6.07, 6.45) is 1.44. The Kier molecular flexibility index (Phi) is 6.41. The van der Waals surface area contributed by atoms with Crippen LogP contribution in [0.25, 0.3) is 0 Å². The fraction of sp³-hybridized carbons (Fsp3) is 0.375. The lowest BCUT2D eigenvalue weighted by Crippen LogP contribution is -2.28. The number of hydrogen-bond acceptors (Lipinski definition) is 9. The lowest BCUT2D eigenvalue weighted by atomic mass is 10.3. The maximum absolute atomic E-state index is 12.2. The van der Waals surface area contributed by atoms with Crippen molar-refractivity contribution in [1.29, 1.82) is 0 Å². The van der Waals surface area contributed by atoms with E-state index in [1.807, 2.05) is 25.3 Å². The number of rotatable bonds is 8. The highest BCUT2D eigenvalue weighted by Gasteiger charge is 2.21. The van der Waals surface area contributed by atoms with Crippen molar-refractivity contribution in [2.75, 3.05) is 11.1 Å². The molecule has 0 aliphatic carbocycles. The van der Waals surface area contributed by atoms with Crippen LogP contribution in [0.3, 0.4) is 0 Å². The highest BCUT2D eigenvalue weighted by molar-refractivity contribution is 7.99. The molecule has 0 aromatic carbocycles. The van der Waals surface area contributed by atoms with Crippen LogP contribution in [0.1, 0.15) is 41.3 Å². The number of amides is 2. The van der Waals surface area contributed by atoms with Crippen LogP contribution in [0.4, 0.5) is 5.13 Å². The number of furan rings is 1. The lowest BCUT2D eigenvalue weighted by Gasteiger charge is -2.14. The largest absolute Gasteiger partial charge is 0.459 e. The third-order valence-corrected chi connectivity index (χ3v) is 5.37. The van der Waals surface area contributed by atoms with Gasteiger partial charge in [0, 0.05) is 6.54 Å². The highest BCUT2D eigenvalue weighted by Crippen LogP contribution is 2.21. The molecule has 0 bridgehead atoms. The number of aryl methyl sites for hydroxylation is 1. The van der Waals surface area contributed by atoms with Gasteiger partial charge >= 0.3 is 0 Å². The van der Waals surface area contributed by atoms with Gasteiger partial charge in [0.05, 0.1) is 18.1 Å². The third kappa shape index (κ3) is 4.75. The van der Waals surface area contributed by atoms with Crippen LogP contribution in [0.15, 0.2) is 28.0 Å². The van der Waals surface area contributed by atoms with Gasteiger partial charge in [-0.25, -0.2) is 0 Å². The van der Waals surface area contributed by atoms with E-state index >= 15 is 0 Å². The van der Waals surface area contributed by atoms with Gasteiger partial charge < -0.3 is 14.3 Å². The molecule has 10 nitrogen and oxygen atoms in total. The van der Waals surface area contributed by atoms with Gasteiger partial charge in [-0.15, -0.1) is 20.4 Å². The van der Waals surface area contributed by atoms with E-state index in [0.29, 0.717) is 22.7 Å². The van der Waals surface area contributed by atoms with E-state index < -0.39 is 0 Å². The summed E-state index contributed by atoms with van der Waals surface area (Å²) >= 11 is 2.58. The number of anilines is 1. The van der Waals surface area contributed by atoms with Crippen molar-refractivity contribution in [2.24, 2.45) is 0 Å². The number of aromatic nitrogens is 5. The van der Waals surface area contributed by atoms with E-state index in [-0.39, 0.29) is 29.4 Å². The minimum atomic E-state index is -0.377. The predicted octanol–water partition coefficient (Wildman–Crippen LogP) is 2.27. The molecule has 0 saturated carbocycles.